The second-order valence-corrected chi connectivity index (χ2v) is 4.96. The molecule has 1 aromatic carbocycles. The fourth-order valence-electron chi connectivity index (χ4n) is 2.22. The molecule has 0 saturated carbocycles. The van der Waals surface area contributed by atoms with Gasteiger partial charge in [0.15, 0.2) is 0 Å². The molecule has 0 atom stereocenters. The number of hydrogen-bond donors (Lipinski definition) is 0. The first-order valence-corrected chi connectivity index (χ1v) is 6.98. The van der Waals surface area contributed by atoms with Gasteiger partial charge < -0.3 is 9.64 Å². The van der Waals surface area contributed by atoms with Gasteiger partial charge >= 0.3 is 0 Å². The summed E-state index contributed by atoms with van der Waals surface area (Å²) < 4.78 is 19.4. The van der Waals surface area contributed by atoms with Gasteiger partial charge in [0.25, 0.3) is 0 Å². The number of anilines is 1. The molecule has 2 heterocycles. The van der Waals surface area contributed by atoms with Crippen LogP contribution in [0.2, 0.25) is 0 Å². The number of imidazole rings is 1. The Morgan fingerprint density at radius 2 is 1.95 bits per heavy atom. The van der Waals surface area contributed by atoms with E-state index in [1.807, 2.05) is 54.2 Å². The molecule has 0 bridgehead atoms. The zero-order valence-electron chi connectivity index (χ0n) is 12.5. The lowest BCUT2D eigenvalue weighted by atomic mass is 10.2. The van der Waals surface area contributed by atoms with E-state index in [9.17, 15) is 4.39 Å². The number of aromatic nitrogens is 3. The van der Waals surface area contributed by atoms with Crippen LogP contribution >= 0.6 is 0 Å². The van der Waals surface area contributed by atoms with E-state index < -0.39 is 6.67 Å². The summed E-state index contributed by atoms with van der Waals surface area (Å²) in [6.07, 6.45) is 3.80. The first-order valence-electron chi connectivity index (χ1n) is 6.98. The topological polar surface area (TPSA) is 42.7 Å². The summed E-state index contributed by atoms with van der Waals surface area (Å²) in [7, 11) is 3.45. The van der Waals surface area contributed by atoms with Crippen LogP contribution in [0.4, 0.5) is 10.2 Å². The summed E-state index contributed by atoms with van der Waals surface area (Å²) in [5.74, 6) is 2.10. The maximum atomic E-state index is 12.4. The van der Waals surface area contributed by atoms with Gasteiger partial charge in [-0.25, -0.2) is 9.37 Å². The fourth-order valence-corrected chi connectivity index (χ4v) is 2.22. The highest BCUT2D eigenvalue weighted by Gasteiger charge is 2.08. The van der Waals surface area contributed by atoms with Gasteiger partial charge in [0.1, 0.15) is 18.2 Å². The van der Waals surface area contributed by atoms with Crippen molar-refractivity contribution >= 4 is 11.6 Å². The Kier molecular flexibility index (Phi) is 3.91. The molecule has 0 amide bonds. The first kappa shape index (κ1) is 14.3. The van der Waals surface area contributed by atoms with E-state index in [0.29, 0.717) is 18.1 Å². The number of benzene rings is 1. The first-order chi connectivity index (χ1) is 10.7. The zero-order chi connectivity index (χ0) is 15.5. The Morgan fingerprint density at radius 3 is 2.64 bits per heavy atom. The van der Waals surface area contributed by atoms with Crippen molar-refractivity contribution in [3.63, 3.8) is 0 Å². The second kappa shape index (κ2) is 6.01. The van der Waals surface area contributed by atoms with E-state index >= 15 is 0 Å². The number of nitrogens with zero attached hydrogens (tertiary/aromatic N) is 4. The fraction of sp³-hybridized carbons (Fsp3) is 0.250. The number of rotatable bonds is 5. The van der Waals surface area contributed by atoms with E-state index in [2.05, 4.69) is 9.97 Å². The van der Waals surface area contributed by atoms with Crippen molar-refractivity contribution in [1.82, 2.24) is 14.4 Å². The molecule has 0 aliphatic rings. The number of hydrogen-bond acceptors (Lipinski definition) is 4. The summed E-state index contributed by atoms with van der Waals surface area (Å²) in [6, 6.07) is 9.55. The third kappa shape index (κ3) is 2.72. The molecular weight excluding hydrogens is 283 g/mol. The molecule has 3 rings (SSSR count). The molecule has 0 unspecified atom stereocenters. The minimum absolute atomic E-state index is 0.315. The van der Waals surface area contributed by atoms with Crippen molar-refractivity contribution in [3.8, 4) is 17.0 Å². The second-order valence-electron chi connectivity index (χ2n) is 4.96. The molecule has 6 heteroatoms. The molecule has 5 nitrogen and oxygen atoms in total. The Balaban J connectivity index is 1.94. The molecule has 0 aliphatic heterocycles. The number of alkyl halides is 1. The summed E-state index contributed by atoms with van der Waals surface area (Å²) in [5.41, 5.74) is 1.82. The molecule has 0 fully saturated rings. The van der Waals surface area contributed by atoms with E-state index in [1.165, 1.54) is 0 Å². The number of halogens is 1. The Morgan fingerprint density at radius 1 is 1.18 bits per heavy atom. The smallest absolute Gasteiger partial charge is 0.236 e. The van der Waals surface area contributed by atoms with Gasteiger partial charge in [-0.05, 0) is 30.3 Å². The summed E-state index contributed by atoms with van der Waals surface area (Å²) in [6.45, 7) is -0.0931. The average Bonchev–Trinajstić information content (AvgIpc) is 2.98. The molecule has 0 N–H and O–H groups in total. The van der Waals surface area contributed by atoms with Gasteiger partial charge in [-0.2, -0.15) is 4.98 Å². The van der Waals surface area contributed by atoms with Crippen LogP contribution in [-0.4, -0.2) is 41.7 Å². The standard InChI is InChI=1S/C16H17FN4O/c1-20(10-8-17)15-7-9-21-11-14(18-16(21)19-15)12-3-5-13(22-2)6-4-12/h3-7,9,11H,8,10H2,1-2H3. The van der Waals surface area contributed by atoms with Crippen LogP contribution in [0.3, 0.4) is 0 Å². The molecule has 2 aromatic heterocycles. The highest BCUT2D eigenvalue weighted by atomic mass is 19.1. The van der Waals surface area contributed by atoms with Crippen molar-refractivity contribution in [2.75, 3.05) is 32.3 Å². The molecule has 0 saturated heterocycles. The minimum Gasteiger partial charge on any atom is -0.497 e. The van der Waals surface area contributed by atoms with Crippen molar-refractivity contribution in [1.29, 1.82) is 0 Å². The van der Waals surface area contributed by atoms with E-state index in [4.69, 9.17) is 4.74 Å². The molecular formula is C16H17FN4O. The van der Waals surface area contributed by atoms with Gasteiger partial charge in [0.2, 0.25) is 5.78 Å². The number of ether oxygens (including phenoxy) is 1. The molecule has 114 valence electrons. The third-order valence-electron chi connectivity index (χ3n) is 3.51. The predicted octanol–water partition coefficient (Wildman–Crippen LogP) is 2.81. The Labute approximate surface area is 128 Å². The van der Waals surface area contributed by atoms with Crippen LogP contribution in [0.15, 0.2) is 42.7 Å². The van der Waals surface area contributed by atoms with E-state index in [-0.39, 0.29) is 0 Å². The molecule has 3 aromatic rings. The van der Waals surface area contributed by atoms with Crippen LogP contribution in [-0.2, 0) is 0 Å². The number of fused-ring (bicyclic) bond motifs is 1. The van der Waals surface area contributed by atoms with Gasteiger partial charge in [0, 0.05) is 31.5 Å². The van der Waals surface area contributed by atoms with Gasteiger partial charge in [-0.15, -0.1) is 0 Å². The van der Waals surface area contributed by atoms with Crippen molar-refractivity contribution in [3.05, 3.63) is 42.7 Å². The highest BCUT2D eigenvalue weighted by Crippen LogP contribution is 2.22. The van der Waals surface area contributed by atoms with Crippen LogP contribution in [0.1, 0.15) is 0 Å². The summed E-state index contributed by atoms with van der Waals surface area (Å²) >= 11 is 0. The van der Waals surface area contributed by atoms with Crippen molar-refractivity contribution in [2.24, 2.45) is 0 Å². The quantitative estimate of drug-likeness (QED) is 0.726. The van der Waals surface area contributed by atoms with Gasteiger partial charge in [-0.1, -0.05) is 0 Å². The lowest BCUT2D eigenvalue weighted by Crippen LogP contribution is -2.21. The molecule has 22 heavy (non-hydrogen) atoms. The van der Waals surface area contributed by atoms with Crippen LogP contribution in [0.5, 0.6) is 5.75 Å². The zero-order valence-corrected chi connectivity index (χ0v) is 12.5. The van der Waals surface area contributed by atoms with Gasteiger partial charge in [-0.3, -0.25) is 4.40 Å². The highest BCUT2D eigenvalue weighted by molar-refractivity contribution is 5.62. The SMILES string of the molecule is COc1ccc(-c2cn3ccc(N(C)CCF)nc3n2)cc1. The van der Waals surface area contributed by atoms with Crippen molar-refractivity contribution in [2.45, 2.75) is 0 Å². The minimum atomic E-state index is -0.408. The largest absolute Gasteiger partial charge is 0.497 e. The van der Waals surface area contributed by atoms with E-state index in [0.717, 1.165) is 17.0 Å². The normalized spacial score (nSPS) is 10.9. The number of methoxy groups -OCH3 is 1. The molecule has 0 spiro atoms. The van der Waals surface area contributed by atoms with Crippen molar-refractivity contribution < 1.29 is 9.13 Å². The Hall–Kier alpha value is -2.63. The maximum Gasteiger partial charge on any atom is 0.236 e. The lowest BCUT2D eigenvalue weighted by Gasteiger charge is -2.15. The summed E-state index contributed by atoms with van der Waals surface area (Å²) in [5, 5.41) is 0. The molecule has 0 aliphatic carbocycles. The summed E-state index contributed by atoms with van der Waals surface area (Å²) in [4.78, 5) is 10.8. The molecule has 0 radical (unpaired) electrons. The average molecular weight is 300 g/mol. The van der Waals surface area contributed by atoms with Crippen LogP contribution < -0.4 is 9.64 Å². The van der Waals surface area contributed by atoms with Crippen LogP contribution in [0.25, 0.3) is 17.0 Å². The Bertz CT molecular complexity index is 769. The maximum absolute atomic E-state index is 12.4. The monoisotopic (exact) mass is 300 g/mol. The van der Waals surface area contributed by atoms with Crippen LogP contribution in [0, 0.1) is 0 Å². The van der Waals surface area contributed by atoms with Gasteiger partial charge in [0.05, 0.1) is 12.8 Å². The predicted molar refractivity (Wildman–Crippen MR) is 84.2 cm³/mol. The third-order valence-corrected chi connectivity index (χ3v) is 3.51. The lowest BCUT2D eigenvalue weighted by molar-refractivity contribution is 0.415. The van der Waals surface area contributed by atoms with E-state index in [1.54, 1.807) is 12.0 Å².